The maximum absolute atomic E-state index is 13.2. The normalized spacial score (nSPS) is 11.9. The first-order valence-corrected chi connectivity index (χ1v) is 10.7. The topological polar surface area (TPSA) is 85.7 Å². The molecule has 0 aliphatic rings. The fraction of sp³-hybridized carbons (Fsp3) is 0.375. The van der Waals surface area contributed by atoms with E-state index in [1.54, 1.807) is 41.8 Å². The maximum Gasteiger partial charge on any atom is 0.322 e. The number of carbonyl (C=O) groups is 1. The van der Waals surface area contributed by atoms with Crippen LogP contribution in [0.4, 0.5) is 10.5 Å². The van der Waals surface area contributed by atoms with Crippen molar-refractivity contribution >= 4 is 22.6 Å². The fourth-order valence-electron chi connectivity index (χ4n) is 3.62. The largest absolute Gasteiger partial charge is 0.494 e. The number of hydrogen-bond donors (Lipinski definition) is 1. The van der Waals surface area contributed by atoms with Crippen LogP contribution in [0.15, 0.2) is 53.3 Å². The van der Waals surface area contributed by atoms with Gasteiger partial charge in [0.05, 0.1) is 36.7 Å². The number of urea groups is 1. The monoisotopic (exact) mass is 438 g/mol. The van der Waals surface area contributed by atoms with Crippen LogP contribution < -0.4 is 15.6 Å². The molecule has 1 heterocycles. The van der Waals surface area contributed by atoms with E-state index in [0.717, 1.165) is 5.75 Å². The number of para-hydroxylation sites is 1. The third kappa shape index (κ3) is 5.08. The van der Waals surface area contributed by atoms with Crippen molar-refractivity contribution in [3.63, 3.8) is 0 Å². The van der Waals surface area contributed by atoms with Crippen molar-refractivity contribution in [1.82, 2.24) is 14.5 Å². The van der Waals surface area contributed by atoms with E-state index in [1.807, 2.05) is 44.2 Å². The molecule has 1 atom stereocenters. The molecule has 8 nitrogen and oxygen atoms in total. The molecule has 0 saturated carbocycles. The number of amides is 2. The number of nitrogens with zero attached hydrogens (tertiary/aromatic N) is 3. The lowest BCUT2D eigenvalue weighted by molar-refractivity contribution is 0.177. The lowest BCUT2D eigenvalue weighted by Crippen LogP contribution is -2.39. The number of benzene rings is 2. The minimum absolute atomic E-state index is 0.138. The molecule has 3 rings (SSSR count). The third-order valence-electron chi connectivity index (χ3n) is 5.30. The zero-order chi connectivity index (χ0) is 23.1. The molecule has 2 aromatic carbocycles. The molecule has 3 aromatic rings. The lowest BCUT2D eigenvalue weighted by atomic mass is 10.1. The van der Waals surface area contributed by atoms with Gasteiger partial charge in [-0.3, -0.25) is 9.36 Å². The number of methoxy groups -OCH3 is 1. The van der Waals surface area contributed by atoms with Gasteiger partial charge >= 0.3 is 6.03 Å². The summed E-state index contributed by atoms with van der Waals surface area (Å²) in [6.07, 6.45) is 0.588. The van der Waals surface area contributed by atoms with Gasteiger partial charge in [0.2, 0.25) is 0 Å². The first kappa shape index (κ1) is 23.3. The molecule has 0 aliphatic heterocycles. The number of fused-ring (bicyclic) bond motifs is 1. The molecule has 0 fully saturated rings. The molecule has 170 valence electrons. The van der Waals surface area contributed by atoms with Crippen molar-refractivity contribution in [2.45, 2.75) is 32.9 Å². The Balaban J connectivity index is 1.91. The van der Waals surface area contributed by atoms with Gasteiger partial charge in [0, 0.05) is 19.8 Å². The van der Waals surface area contributed by atoms with E-state index < -0.39 is 6.04 Å². The van der Waals surface area contributed by atoms with Crippen LogP contribution in [0.5, 0.6) is 5.75 Å². The number of rotatable bonds is 9. The van der Waals surface area contributed by atoms with Crippen LogP contribution in [0.25, 0.3) is 10.9 Å². The summed E-state index contributed by atoms with van der Waals surface area (Å²) in [6, 6.07) is 13.8. The van der Waals surface area contributed by atoms with Crippen LogP contribution in [0.1, 0.15) is 32.1 Å². The summed E-state index contributed by atoms with van der Waals surface area (Å²) >= 11 is 0. The minimum Gasteiger partial charge on any atom is -0.494 e. The smallest absolute Gasteiger partial charge is 0.322 e. The summed E-state index contributed by atoms with van der Waals surface area (Å²) < 4.78 is 12.3. The SMILES string of the molecule is CCOc1ccc(NC(=O)N(C)C(CC)c2nc3ccccc3c(=O)n2CCOC)cc1. The summed E-state index contributed by atoms with van der Waals surface area (Å²) in [4.78, 5) is 32.5. The van der Waals surface area contributed by atoms with Gasteiger partial charge in [0.1, 0.15) is 11.6 Å². The third-order valence-corrected chi connectivity index (χ3v) is 5.30. The van der Waals surface area contributed by atoms with Crippen molar-refractivity contribution in [3.05, 3.63) is 64.7 Å². The van der Waals surface area contributed by atoms with Crippen LogP contribution >= 0.6 is 0 Å². The highest BCUT2D eigenvalue weighted by atomic mass is 16.5. The van der Waals surface area contributed by atoms with E-state index in [1.165, 1.54) is 0 Å². The molecule has 0 spiro atoms. The Bertz CT molecular complexity index is 1110. The average Bonchev–Trinajstić information content (AvgIpc) is 2.80. The van der Waals surface area contributed by atoms with Crippen molar-refractivity contribution in [1.29, 1.82) is 0 Å². The average molecular weight is 439 g/mol. The molecule has 1 aromatic heterocycles. The Labute approximate surface area is 187 Å². The van der Waals surface area contributed by atoms with Crippen molar-refractivity contribution in [3.8, 4) is 5.75 Å². The Morgan fingerprint density at radius 2 is 1.88 bits per heavy atom. The van der Waals surface area contributed by atoms with Crippen molar-refractivity contribution in [2.75, 3.05) is 32.7 Å². The van der Waals surface area contributed by atoms with Gasteiger partial charge in [0.25, 0.3) is 5.56 Å². The Hall–Kier alpha value is -3.39. The van der Waals surface area contributed by atoms with Gasteiger partial charge in [0.15, 0.2) is 0 Å². The summed E-state index contributed by atoms with van der Waals surface area (Å²) in [7, 11) is 3.30. The van der Waals surface area contributed by atoms with Crippen LogP contribution in [-0.4, -0.2) is 47.9 Å². The Morgan fingerprint density at radius 1 is 1.16 bits per heavy atom. The van der Waals surface area contributed by atoms with Gasteiger partial charge in [-0.1, -0.05) is 19.1 Å². The van der Waals surface area contributed by atoms with E-state index >= 15 is 0 Å². The minimum atomic E-state index is -0.396. The molecule has 0 saturated heterocycles. The summed E-state index contributed by atoms with van der Waals surface area (Å²) in [5, 5.41) is 3.45. The van der Waals surface area contributed by atoms with E-state index in [-0.39, 0.29) is 11.6 Å². The van der Waals surface area contributed by atoms with Gasteiger partial charge in [-0.2, -0.15) is 0 Å². The number of ether oxygens (including phenoxy) is 2. The quantitative estimate of drug-likeness (QED) is 0.545. The van der Waals surface area contributed by atoms with Crippen LogP contribution in [-0.2, 0) is 11.3 Å². The molecular formula is C24H30N4O4. The molecule has 32 heavy (non-hydrogen) atoms. The molecule has 0 bridgehead atoms. The van der Waals surface area contributed by atoms with Crippen LogP contribution in [0.2, 0.25) is 0 Å². The number of nitrogens with one attached hydrogen (secondary N) is 1. The molecule has 8 heteroatoms. The predicted octanol–water partition coefficient (Wildman–Crippen LogP) is 4.06. The number of carbonyl (C=O) groups excluding carboxylic acids is 1. The fourth-order valence-corrected chi connectivity index (χ4v) is 3.62. The van der Waals surface area contributed by atoms with Gasteiger partial charge in [-0.05, 0) is 49.7 Å². The summed E-state index contributed by atoms with van der Waals surface area (Å²) in [6.45, 7) is 5.19. The second kappa shape index (κ2) is 10.8. The molecule has 0 radical (unpaired) electrons. The van der Waals surface area contributed by atoms with E-state index in [4.69, 9.17) is 14.5 Å². The predicted molar refractivity (Wildman–Crippen MR) is 125 cm³/mol. The highest BCUT2D eigenvalue weighted by molar-refractivity contribution is 5.89. The molecular weight excluding hydrogens is 408 g/mol. The van der Waals surface area contributed by atoms with Crippen LogP contribution in [0.3, 0.4) is 0 Å². The maximum atomic E-state index is 13.2. The molecule has 2 amide bonds. The van der Waals surface area contributed by atoms with Crippen LogP contribution in [0, 0.1) is 0 Å². The second-order valence-electron chi connectivity index (χ2n) is 7.36. The van der Waals surface area contributed by atoms with E-state index in [9.17, 15) is 9.59 Å². The van der Waals surface area contributed by atoms with Crippen molar-refractivity contribution < 1.29 is 14.3 Å². The highest BCUT2D eigenvalue weighted by Crippen LogP contribution is 2.24. The first-order valence-electron chi connectivity index (χ1n) is 10.7. The second-order valence-corrected chi connectivity index (χ2v) is 7.36. The first-order chi connectivity index (χ1) is 15.5. The van der Waals surface area contributed by atoms with E-state index in [2.05, 4.69) is 5.32 Å². The van der Waals surface area contributed by atoms with Gasteiger partial charge < -0.3 is 19.7 Å². The van der Waals surface area contributed by atoms with E-state index in [0.29, 0.717) is 48.6 Å². The summed E-state index contributed by atoms with van der Waals surface area (Å²) in [5.41, 5.74) is 1.13. The molecule has 1 unspecified atom stereocenters. The zero-order valence-electron chi connectivity index (χ0n) is 19.0. The molecule has 1 N–H and O–H groups in total. The number of anilines is 1. The number of hydrogen-bond acceptors (Lipinski definition) is 5. The standard InChI is InChI=1S/C24H30N4O4/c1-5-21(27(3)24(30)25-17-11-13-18(14-12-17)32-6-2)22-26-20-10-8-7-9-19(20)23(29)28(22)15-16-31-4/h7-14,21H,5-6,15-16H2,1-4H3,(H,25,30). The zero-order valence-corrected chi connectivity index (χ0v) is 19.0. The van der Waals surface area contributed by atoms with Gasteiger partial charge in [-0.15, -0.1) is 0 Å². The summed E-state index contributed by atoms with van der Waals surface area (Å²) in [5.74, 6) is 1.28. The van der Waals surface area contributed by atoms with Crippen molar-refractivity contribution in [2.24, 2.45) is 0 Å². The number of aromatic nitrogens is 2. The Kier molecular flexibility index (Phi) is 7.83. The van der Waals surface area contributed by atoms with Gasteiger partial charge in [-0.25, -0.2) is 9.78 Å². The molecule has 0 aliphatic carbocycles. The Morgan fingerprint density at radius 3 is 2.53 bits per heavy atom. The lowest BCUT2D eigenvalue weighted by Gasteiger charge is -2.29. The highest BCUT2D eigenvalue weighted by Gasteiger charge is 2.26.